The van der Waals surface area contributed by atoms with Gasteiger partial charge in [-0.05, 0) is 31.3 Å². The maximum absolute atomic E-state index is 5.40. The number of para-hydroxylation sites is 1. The Hall–Kier alpha value is -2.77. The molecule has 0 aliphatic rings. The van der Waals surface area contributed by atoms with Crippen molar-refractivity contribution in [3.63, 3.8) is 0 Å². The summed E-state index contributed by atoms with van der Waals surface area (Å²) in [6.45, 7) is 1.30. The second-order valence-corrected chi connectivity index (χ2v) is 7.24. The van der Waals surface area contributed by atoms with Gasteiger partial charge >= 0.3 is 0 Å². The van der Waals surface area contributed by atoms with Crippen LogP contribution in [0.4, 0.5) is 0 Å². The van der Waals surface area contributed by atoms with Gasteiger partial charge in [-0.15, -0.1) is 0 Å². The standard InChI is InChI=1S/C20H18BrN5O/c1-25(12-15-11-22-26(13-15)18-8-3-2-4-9-18)14-19-23-20(24-27-19)16-6-5-7-17(21)10-16/h2-11,13H,12,14H2,1H3. The normalized spacial score (nSPS) is 11.2. The van der Waals surface area contributed by atoms with Crippen LogP contribution in [0.2, 0.25) is 0 Å². The van der Waals surface area contributed by atoms with Crippen molar-refractivity contribution < 1.29 is 4.52 Å². The van der Waals surface area contributed by atoms with E-state index in [1.54, 1.807) is 0 Å². The molecular formula is C20H18BrN5O. The molecule has 4 aromatic rings. The molecule has 4 rings (SSSR count). The third kappa shape index (κ3) is 4.32. The molecule has 0 radical (unpaired) electrons. The summed E-state index contributed by atoms with van der Waals surface area (Å²) >= 11 is 3.46. The third-order valence-electron chi connectivity index (χ3n) is 4.07. The van der Waals surface area contributed by atoms with Gasteiger partial charge in [-0.1, -0.05) is 51.4 Å². The van der Waals surface area contributed by atoms with Crippen LogP contribution in [0.3, 0.4) is 0 Å². The molecule has 0 atom stereocenters. The molecule has 2 aromatic carbocycles. The van der Waals surface area contributed by atoms with E-state index in [9.17, 15) is 0 Å². The largest absolute Gasteiger partial charge is 0.338 e. The molecule has 2 heterocycles. The highest BCUT2D eigenvalue weighted by Crippen LogP contribution is 2.20. The second kappa shape index (κ2) is 7.85. The van der Waals surface area contributed by atoms with E-state index in [0.29, 0.717) is 18.3 Å². The molecule has 0 bridgehead atoms. The average Bonchev–Trinajstić information content (AvgIpc) is 3.32. The van der Waals surface area contributed by atoms with Crippen LogP contribution < -0.4 is 0 Å². The van der Waals surface area contributed by atoms with Crippen LogP contribution in [0.5, 0.6) is 0 Å². The quantitative estimate of drug-likeness (QED) is 0.462. The molecule has 0 fully saturated rings. The van der Waals surface area contributed by atoms with Gasteiger partial charge in [0.1, 0.15) is 0 Å². The van der Waals surface area contributed by atoms with E-state index >= 15 is 0 Å². The number of hydrogen-bond acceptors (Lipinski definition) is 5. The van der Waals surface area contributed by atoms with E-state index in [0.717, 1.165) is 27.8 Å². The molecule has 0 aliphatic heterocycles. The zero-order valence-electron chi connectivity index (χ0n) is 14.8. The van der Waals surface area contributed by atoms with Crippen LogP contribution in [-0.2, 0) is 13.1 Å². The zero-order valence-corrected chi connectivity index (χ0v) is 16.4. The molecule has 0 saturated heterocycles. The molecule has 2 aromatic heterocycles. The first-order valence-corrected chi connectivity index (χ1v) is 9.33. The van der Waals surface area contributed by atoms with Crippen LogP contribution in [0.1, 0.15) is 11.5 Å². The summed E-state index contributed by atoms with van der Waals surface area (Å²) in [6.07, 6.45) is 3.91. The second-order valence-electron chi connectivity index (χ2n) is 6.32. The molecule has 0 saturated carbocycles. The van der Waals surface area contributed by atoms with Crippen LogP contribution in [-0.4, -0.2) is 31.9 Å². The Morgan fingerprint density at radius 3 is 2.74 bits per heavy atom. The molecule has 6 nitrogen and oxygen atoms in total. The summed E-state index contributed by atoms with van der Waals surface area (Å²) in [6, 6.07) is 17.9. The van der Waals surface area contributed by atoms with E-state index in [1.807, 2.05) is 78.7 Å². The Kier molecular flexibility index (Phi) is 5.13. The van der Waals surface area contributed by atoms with Gasteiger partial charge in [0, 0.05) is 28.3 Å². The topological polar surface area (TPSA) is 60.0 Å². The van der Waals surface area contributed by atoms with Crippen LogP contribution >= 0.6 is 15.9 Å². The Labute approximate surface area is 165 Å². The van der Waals surface area contributed by atoms with Gasteiger partial charge in [0.2, 0.25) is 11.7 Å². The van der Waals surface area contributed by atoms with Crippen molar-refractivity contribution >= 4 is 15.9 Å². The Morgan fingerprint density at radius 1 is 1.07 bits per heavy atom. The lowest BCUT2D eigenvalue weighted by atomic mass is 10.2. The van der Waals surface area contributed by atoms with Gasteiger partial charge in [-0.3, -0.25) is 4.90 Å². The number of halogens is 1. The highest BCUT2D eigenvalue weighted by molar-refractivity contribution is 9.10. The highest BCUT2D eigenvalue weighted by Gasteiger charge is 2.12. The maximum Gasteiger partial charge on any atom is 0.241 e. The number of hydrogen-bond donors (Lipinski definition) is 0. The fraction of sp³-hybridized carbons (Fsp3) is 0.150. The van der Waals surface area contributed by atoms with E-state index < -0.39 is 0 Å². The predicted octanol–water partition coefficient (Wildman–Crippen LogP) is 4.32. The Morgan fingerprint density at radius 2 is 1.93 bits per heavy atom. The minimum atomic E-state index is 0.567. The molecule has 27 heavy (non-hydrogen) atoms. The summed E-state index contributed by atoms with van der Waals surface area (Å²) in [4.78, 5) is 6.61. The third-order valence-corrected chi connectivity index (χ3v) is 4.56. The molecule has 0 spiro atoms. The van der Waals surface area contributed by atoms with E-state index in [1.165, 1.54) is 0 Å². The first kappa shape index (κ1) is 17.6. The number of rotatable bonds is 6. The fourth-order valence-corrected chi connectivity index (χ4v) is 3.23. The van der Waals surface area contributed by atoms with Gasteiger partial charge in [0.15, 0.2) is 0 Å². The van der Waals surface area contributed by atoms with Crippen LogP contribution in [0.15, 0.2) is 76.0 Å². The molecule has 0 aliphatic carbocycles. The minimum Gasteiger partial charge on any atom is -0.338 e. The lowest BCUT2D eigenvalue weighted by Crippen LogP contribution is -2.17. The van der Waals surface area contributed by atoms with Crippen molar-refractivity contribution in [3.8, 4) is 17.1 Å². The summed E-state index contributed by atoms with van der Waals surface area (Å²) in [5.41, 5.74) is 3.08. The Balaban J connectivity index is 1.40. The molecular weight excluding hydrogens is 406 g/mol. The summed E-state index contributed by atoms with van der Waals surface area (Å²) in [5, 5.41) is 8.51. The lowest BCUT2D eigenvalue weighted by Gasteiger charge is -2.12. The maximum atomic E-state index is 5.40. The molecule has 7 heteroatoms. The minimum absolute atomic E-state index is 0.567. The predicted molar refractivity (Wildman–Crippen MR) is 106 cm³/mol. The van der Waals surface area contributed by atoms with E-state index in [4.69, 9.17) is 4.52 Å². The fourth-order valence-electron chi connectivity index (χ4n) is 2.83. The van der Waals surface area contributed by atoms with E-state index in [2.05, 4.69) is 36.1 Å². The number of benzene rings is 2. The van der Waals surface area contributed by atoms with Crippen LogP contribution in [0.25, 0.3) is 17.1 Å². The first-order valence-electron chi connectivity index (χ1n) is 8.53. The van der Waals surface area contributed by atoms with Crippen molar-refractivity contribution in [2.75, 3.05) is 7.05 Å². The SMILES string of the molecule is CN(Cc1cnn(-c2ccccc2)c1)Cc1nc(-c2cccc(Br)c2)no1. The monoisotopic (exact) mass is 423 g/mol. The van der Waals surface area contributed by atoms with Gasteiger partial charge in [-0.25, -0.2) is 4.68 Å². The lowest BCUT2D eigenvalue weighted by molar-refractivity contribution is 0.261. The zero-order chi connectivity index (χ0) is 18.6. The molecule has 0 unspecified atom stereocenters. The summed E-state index contributed by atoms with van der Waals surface area (Å²) in [5.74, 6) is 1.18. The van der Waals surface area contributed by atoms with Gasteiger partial charge in [-0.2, -0.15) is 10.1 Å². The van der Waals surface area contributed by atoms with Crippen molar-refractivity contribution in [1.82, 2.24) is 24.8 Å². The first-order chi connectivity index (χ1) is 13.2. The van der Waals surface area contributed by atoms with Crippen LogP contribution in [0, 0.1) is 0 Å². The van der Waals surface area contributed by atoms with Crippen molar-refractivity contribution in [1.29, 1.82) is 0 Å². The smallest absolute Gasteiger partial charge is 0.241 e. The molecule has 136 valence electrons. The summed E-state index contributed by atoms with van der Waals surface area (Å²) in [7, 11) is 2.02. The van der Waals surface area contributed by atoms with Crippen molar-refractivity contribution in [3.05, 3.63) is 82.9 Å². The van der Waals surface area contributed by atoms with Gasteiger partial charge < -0.3 is 4.52 Å². The van der Waals surface area contributed by atoms with Crippen molar-refractivity contribution in [2.24, 2.45) is 0 Å². The van der Waals surface area contributed by atoms with E-state index in [-0.39, 0.29) is 0 Å². The van der Waals surface area contributed by atoms with Gasteiger partial charge in [0.25, 0.3) is 0 Å². The van der Waals surface area contributed by atoms with Crippen molar-refractivity contribution in [2.45, 2.75) is 13.1 Å². The Bertz CT molecular complexity index is 1030. The highest BCUT2D eigenvalue weighted by atomic mass is 79.9. The average molecular weight is 424 g/mol. The summed E-state index contributed by atoms with van der Waals surface area (Å²) < 4.78 is 8.26. The number of aromatic nitrogens is 4. The molecule has 0 N–H and O–H groups in total. The van der Waals surface area contributed by atoms with Gasteiger partial charge in [0.05, 0.1) is 18.4 Å². The number of nitrogens with zero attached hydrogens (tertiary/aromatic N) is 5. The molecule has 0 amide bonds.